The van der Waals surface area contributed by atoms with Crippen LogP contribution in [-0.2, 0) is 9.59 Å². The number of hydrogen-bond acceptors (Lipinski definition) is 11. The number of benzene rings is 4. The van der Waals surface area contributed by atoms with E-state index in [2.05, 4.69) is 36.3 Å². The summed E-state index contributed by atoms with van der Waals surface area (Å²) < 4.78 is 11.3. The van der Waals surface area contributed by atoms with E-state index in [1.165, 1.54) is 11.8 Å². The average molecular weight is 912 g/mol. The molecule has 2 saturated heterocycles. The van der Waals surface area contributed by atoms with Crippen LogP contribution in [0, 0.1) is 10.1 Å². The van der Waals surface area contributed by atoms with Gasteiger partial charge in [-0.05, 0) is 112 Å². The van der Waals surface area contributed by atoms with Gasteiger partial charge in [-0.1, -0.05) is 35.3 Å². The number of carbonyl (C=O) groups excluding carboxylic acids is 2. The van der Waals surface area contributed by atoms with Crippen LogP contribution in [-0.4, -0.2) is 118 Å². The summed E-state index contributed by atoms with van der Waals surface area (Å²) >= 11 is 12.1. The zero-order chi connectivity index (χ0) is 44.8. The van der Waals surface area contributed by atoms with Crippen LogP contribution in [0.4, 0.5) is 22.7 Å². The van der Waals surface area contributed by atoms with E-state index < -0.39 is 0 Å². The van der Waals surface area contributed by atoms with Crippen LogP contribution < -0.4 is 35.6 Å². The summed E-state index contributed by atoms with van der Waals surface area (Å²) in [5, 5.41) is 18.2. The minimum atomic E-state index is -0.356. The molecule has 4 aliphatic rings. The van der Waals surface area contributed by atoms with Crippen molar-refractivity contribution in [2.24, 2.45) is 0 Å². The Bertz CT molecular complexity index is 2330. The van der Waals surface area contributed by atoms with Crippen molar-refractivity contribution in [3.05, 3.63) is 127 Å². The summed E-state index contributed by atoms with van der Waals surface area (Å²) in [4.78, 5) is 45.0. The maximum atomic E-state index is 12.4. The average Bonchev–Trinajstić information content (AvgIpc) is 3.31. The lowest BCUT2D eigenvalue weighted by Crippen LogP contribution is -2.46. The predicted octanol–water partition coefficient (Wildman–Crippen LogP) is 7.16. The van der Waals surface area contributed by atoms with Crippen LogP contribution in [0.5, 0.6) is 11.5 Å². The highest BCUT2D eigenvalue weighted by Crippen LogP contribution is 2.30. The number of halogens is 2. The van der Waals surface area contributed by atoms with Gasteiger partial charge >= 0.3 is 0 Å². The summed E-state index contributed by atoms with van der Waals surface area (Å²) in [6, 6.07) is 25.7. The zero-order valence-electron chi connectivity index (χ0n) is 36.0. The Morgan fingerprint density at radius 2 is 1.09 bits per heavy atom. The molecule has 0 aromatic heterocycles. The highest BCUT2D eigenvalue weighted by Gasteiger charge is 2.21. The van der Waals surface area contributed by atoms with Crippen LogP contribution in [0.25, 0.3) is 12.2 Å². The molecular formula is C48H56Cl2N8O6. The van der Waals surface area contributed by atoms with Crippen molar-refractivity contribution >= 4 is 69.9 Å². The number of nitro groups is 1. The molecule has 4 aromatic rings. The largest absolute Gasteiger partial charge is 0.488 e. The Morgan fingerprint density at radius 1 is 0.625 bits per heavy atom. The second-order valence-corrected chi connectivity index (χ2v) is 17.1. The van der Waals surface area contributed by atoms with Crippen LogP contribution in [0.3, 0.4) is 0 Å². The van der Waals surface area contributed by atoms with Crippen molar-refractivity contribution in [3.63, 3.8) is 0 Å². The molecule has 2 amide bonds. The third-order valence-electron chi connectivity index (χ3n) is 11.7. The molecule has 8 rings (SSSR count). The standard InChI is InChI=1S/C24H27ClN4O4.C24H29ClN4O2/c25-20-6-7-23-18(15-20)14-19(17-33-23)24(30)26-8-1-2-9-27-10-12-28(13-11-27)21-4-3-5-22(16-21)29(31)32;25-20-6-7-23-18(15-20)14-19(17-31-23)24(30)27-8-1-2-9-28-10-12-29(13-11-28)22-5-3-4-21(26)16-22/h3-7,14-16H,1-2,8-13,17H2,(H,26,30);3-7,14-16H,1-2,8-13,17,26H2,(H,27,30). The molecule has 4 aromatic carbocycles. The number of nitrogens with zero attached hydrogens (tertiary/aromatic N) is 5. The maximum Gasteiger partial charge on any atom is 0.271 e. The Hall–Kier alpha value is -5.80. The fourth-order valence-electron chi connectivity index (χ4n) is 8.09. The van der Waals surface area contributed by atoms with E-state index in [9.17, 15) is 19.7 Å². The zero-order valence-corrected chi connectivity index (χ0v) is 37.5. The number of nitrogens with one attached hydrogen (secondary N) is 2. The van der Waals surface area contributed by atoms with E-state index in [1.54, 1.807) is 30.3 Å². The molecule has 0 bridgehead atoms. The number of piperazine rings is 2. The molecule has 4 heterocycles. The molecule has 0 spiro atoms. The molecule has 4 N–H and O–H groups in total. The number of non-ortho nitro benzene ring substituents is 1. The SMILES string of the molecule is Nc1cccc(N2CCN(CCCCNC(=O)C3=Cc4cc(Cl)ccc4OC3)CC2)c1.O=C(NCCCCN1CCN(c2cccc([N+](=O)[O-])c2)CC1)C1=Cc2cc(Cl)ccc2OC1. The predicted molar refractivity (Wildman–Crippen MR) is 256 cm³/mol. The van der Waals surface area contributed by atoms with Gasteiger partial charge in [-0.25, -0.2) is 0 Å². The molecule has 16 heteroatoms. The lowest BCUT2D eigenvalue weighted by Gasteiger charge is -2.36. The number of nitro benzene ring substituents is 1. The molecule has 0 aliphatic carbocycles. The van der Waals surface area contributed by atoms with E-state index in [0.717, 1.165) is 125 Å². The molecule has 338 valence electrons. The van der Waals surface area contributed by atoms with Gasteiger partial charge < -0.3 is 35.6 Å². The topological polar surface area (TPSA) is 159 Å². The van der Waals surface area contributed by atoms with Gasteiger partial charge in [0, 0.05) is 116 Å². The molecule has 0 radical (unpaired) electrons. The fourth-order valence-corrected chi connectivity index (χ4v) is 8.46. The highest BCUT2D eigenvalue weighted by atomic mass is 35.5. The number of amides is 2. The first kappa shape index (κ1) is 46.2. The van der Waals surface area contributed by atoms with E-state index in [1.807, 2.05) is 54.6 Å². The van der Waals surface area contributed by atoms with E-state index in [4.69, 9.17) is 38.4 Å². The quantitative estimate of drug-likeness (QED) is 0.0481. The minimum Gasteiger partial charge on any atom is -0.488 e. The first-order valence-corrected chi connectivity index (χ1v) is 22.7. The second kappa shape index (κ2) is 22.7. The number of fused-ring (bicyclic) bond motifs is 2. The highest BCUT2D eigenvalue weighted by molar-refractivity contribution is 6.31. The Labute approximate surface area is 384 Å². The normalized spacial score (nSPS) is 16.1. The van der Waals surface area contributed by atoms with Gasteiger partial charge in [0.05, 0.1) is 16.1 Å². The molecule has 0 atom stereocenters. The number of unbranched alkanes of at least 4 members (excludes halogenated alkanes) is 2. The summed E-state index contributed by atoms with van der Waals surface area (Å²) in [5.74, 6) is 1.32. The van der Waals surface area contributed by atoms with Crippen molar-refractivity contribution in [3.8, 4) is 11.5 Å². The van der Waals surface area contributed by atoms with Crippen molar-refractivity contribution in [1.29, 1.82) is 0 Å². The van der Waals surface area contributed by atoms with Crippen LogP contribution >= 0.6 is 23.2 Å². The van der Waals surface area contributed by atoms with Gasteiger partial charge in [-0.2, -0.15) is 0 Å². The number of nitrogens with two attached hydrogens (primary N) is 1. The lowest BCUT2D eigenvalue weighted by molar-refractivity contribution is -0.384. The Balaban J connectivity index is 0.000000192. The van der Waals surface area contributed by atoms with Gasteiger partial charge in [0.25, 0.3) is 17.5 Å². The molecule has 4 aliphatic heterocycles. The molecule has 0 saturated carbocycles. The molecule has 14 nitrogen and oxygen atoms in total. The fraction of sp³-hybridized carbons (Fsp3) is 0.375. The Kier molecular flexibility index (Phi) is 16.4. The molecule has 64 heavy (non-hydrogen) atoms. The summed E-state index contributed by atoms with van der Waals surface area (Å²) in [5.41, 5.74) is 11.8. The van der Waals surface area contributed by atoms with Gasteiger partial charge in [0.15, 0.2) is 0 Å². The maximum absolute atomic E-state index is 12.4. The number of carbonyl (C=O) groups is 2. The van der Waals surface area contributed by atoms with Crippen LogP contribution in [0.1, 0.15) is 36.8 Å². The van der Waals surface area contributed by atoms with Crippen molar-refractivity contribution < 1.29 is 24.0 Å². The monoisotopic (exact) mass is 910 g/mol. The lowest BCUT2D eigenvalue weighted by atomic mass is 10.1. The minimum absolute atomic E-state index is 0.0682. The number of nitrogen functional groups attached to an aromatic ring is 1. The number of anilines is 3. The third-order valence-corrected chi connectivity index (χ3v) is 12.2. The van der Waals surface area contributed by atoms with Crippen molar-refractivity contribution in [2.45, 2.75) is 25.7 Å². The van der Waals surface area contributed by atoms with Crippen LogP contribution in [0.15, 0.2) is 96.1 Å². The molecule has 0 unspecified atom stereocenters. The van der Waals surface area contributed by atoms with Crippen LogP contribution in [0.2, 0.25) is 10.0 Å². The van der Waals surface area contributed by atoms with Gasteiger partial charge in [-0.15, -0.1) is 0 Å². The number of hydrogen-bond donors (Lipinski definition) is 3. The van der Waals surface area contributed by atoms with E-state index in [-0.39, 0.29) is 35.6 Å². The van der Waals surface area contributed by atoms with E-state index >= 15 is 0 Å². The van der Waals surface area contributed by atoms with E-state index in [0.29, 0.717) is 34.3 Å². The summed E-state index contributed by atoms with van der Waals surface area (Å²) in [6.07, 6.45) is 7.60. The smallest absolute Gasteiger partial charge is 0.271 e. The third kappa shape index (κ3) is 13.1. The summed E-state index contributed by atoms with van der Waals surface area (Å²) in [6.45, 7) is 11.5. The Morgan fingerprint density at radius 3 is 1.56 bits per heavy atom. The summed E-state index contributed by atoms with van der Waals surface area (Å²) in [7, 11) is 0. The number of rotatable bonds is 15. The van der Waals surface area contributed by atoms with Gasteiger partial charge in [0.2, 0.25) is 0 Å². The van der Waals surface area contributed by atoms with Crippen molar-refractivity contribution in [2.75, 3.05) is 107 Å². The first-order chi connectivity index (χ1) is 31.1. The van der Waals surface area contributed by atoms with Crippen molar-refractivity contribution in [1.82, 2.24) is 20.4 Å². The molecule has 2 fully saturated rings. The van der Waals surface area contributed by atoms with Gasteiger partial charge in [0.1, 0.15) is 24.7 Å². The van der Waals surface area contributed by atoms with Gasteiger partial charge in [-0.3, -0.25) is 29.5 Å². The molecular weight excluding hydrogens is 855 g/mol. The first-order valence-electron chi connectivity index (χ1n) is 21.9. The number of ether oxygens (including phenoxy) is 2. The second-order valence-electron chi connectivity index (χ2n) is 16.2.